The minimum Gasteiger partial charge on any atom is -0.211 e. The molecular formula is C13H19BrFNO2S. The number of halogens is 2. The molecule has 108 valence electrons. The molecule has 1 N–H and O–H groups in total. The van der Waals surface area contributed by atoms with Crippen LogP contribution in [0, 0.1) is 11.2 Å². The number of benzene rings is 1. The van der Waals surface area contributed by atoms with Gasteiger partial charge in [0.1, 0.15) is 5.82 Å². The summed E-state index contributed by atoms with van der Waals surface area (Å²) in [4.78, 5) is -0.0387. The van der Waals surface area contributed by atoms with Crippen LogP contribution in [-0.2, 0) is 10.0 Å². The van der Waals surface area contributed by atoms with Crippen LogP contribution in [-0.4, -0.2) is 20.3 Å². The molecule has 6 heteroatoms. The zero-order valence-corrected chi connectivity index (χ0v) is 13.5. The van der Waals surface area contributed by atoms with Gasteiger partial charge in [0.15, 0.2) is 0 Å². The zero-order valence-electron chi connectivity index (χ0n) is 11.1. The highest BCUT2D eigenvalue weighted by molar-refractivity contribution is 9.09. The average molecular weight is 352 g/mol. The van der Waals surface area contributed by atoms with Gasteiger partial charge in [-0.3, -0.25) is 0 Å². The van der Waals surface area contributed by atoms with Crippen LogP contribution in [0.1, 0.15) is 26.7 Å². The number of rotatable bonds is 7. The predicted molar refractivity (Wildman–Crippen MR) is 78.4 cm³/mol. The number of hydrogen-bond donors (Lipinski definition) is 1. The maximum absolute atomic E-state index is 13.1. The standard InChI is InChI=1S/C13H19BrFNO2S/c1-3-13(4-2,9-14)10-16-19(17,18)12-7-5-6-11(15)8-12/h5-8,16H,3-4,9-10H2,1-2H3. The first-order valence-electron chi connectivity index (χ1n) is 6.20. The Bertz CT molecular complexity index is 507. The quantitative estimate of drug-likeness (QED) is 0.766. The zero-order chi connectivity index (χ0) is 14.5. The molecule has 0 radical (unpaired) electrons. The van der Waals surface area contributed by atoms with Crippen LogP contribution in [0.3, 0.4) is 0 Å². The van der Waals surface area contributed by atoms with E-state index in [2.05, 4.69) is 20.7 Å². The van der Waals surface area contributed by atoms with Crippen molar-refractivity contribution in [2.24, 2.45) is 5.41 Å². The Morgan fingerprint density at radius 3 is 2.42 bits per heavy atom. The van der Waals surface area contributed by atoms with E-state index in [9.17, 15) is 12.8 Å². The number of alkyl halides is 1. The van der Waals surface area contributed by atoms with Gasteiger partial charge in [0.05, 0.1) is 4.90 Å². The van der Waals surface area contributed by atoms with Gasteiger partial charge >= 0.3 is 0 Å². The van der Waals surface area contributed by atoms with Crippen LogP contribution in [0.15, 0.2) is 29.2 Å². The monoisotopic (exact) mass is 351 g/mol. The highest BCUT2D eigenvalue weighted by atomic mass is 79.9. The average Bonchev–Trinajstić information content (AvgIpc) is 2.41. The fourth-order valence-electron chi connectivity index (χ4n) is 1.70. The first-order chi connectivity index (χ1) is 8.89. The van der Waals surface area contributed by atoms with Crippen molar-refractivity contribution in [2.45, 2.75) is 31.6 Å². The van der Waals surface area contributed by atoms with Crippen molar-refractivity contribution in [1.29, 1.82) is 0 Å². The summed E-state index contributed by atoms with van der Waals surface area (Å²) in [6.07, 6.45) is 1.72. The molecule has 0 bridgehead atoms. The van der Waals surface area contributed by atoms with E-state index in [-0.39, 0.29) is 10.3 Å². The van der Waals surface area contributed by atoms with Crippen LogP contribution >= 0.6 is 15.9 Å². The Hall–Kier alpha value is -0.460. The lowest BCUT2D eigenvalue weighted by molar-refractivity contribution is 0.309. The van der Waals surface area contributed by atoms with Crippen LogP contribution in [0.5, 0.6) is 0 Å². The fourth-order valence-corrected chi connectivity index (χ4v) is 3.88. The minimum atomic E-state index is -3.66. The molecule has 0 fully saturated rings. The van der Waals surface area contributed by atoms with E-state index in [1.807, 2.05) is 13.8 Å². The van der Waals surface area contributed by atoms with Gasteiger partial charge in [-0.1, -0.05) is 35.8 Å². The van der Waals surface area contributed by atoms with Crippen molar-refractivity contribution >= 4 is 26.0 Å². The summed E-state index contributed by atoms with van der Waals surface area (Å²) in [5.41, 5.74) is -0.111. The Morgan fingerprint density at radius 2 is 1.95 bits per heavy atom. The molecule has 1 rings (SSSR count). The molecular weight excluding hydrogens is 333 g/mol. The van der Waals surface area contributed by atoms with Gasteiger partial charge < -0.3 is 0 Å². The van der Waals surface area contributed by atoms with E-state index >= 15 is 0 Å². The van der Waals surface area contributed by atoms with E-state index in [0.29, 0.717) is 6.54 Å². The lowest BCUT2D eigenvalue weighted by Crippen LogP contribution is -2.38. The van der Waals surface area contributed by atoms with Gasteiger partial charge in [0, 0.05) is 11.9 Å². The SMILES string of the molecule is CCC(CC)(CBr)CNS(=O)(=O)c1cccc(F)c1. The Morgan fingerprint density at radius 1 is 1.32 bits per heavy atom. The summed E-state index contributed by atoms with van der Waals surface area (Å²) in [6.45, 7) is 4.40. The van der Waals surface area contributed by atoms with Gasteiger partial charge in [0.2, 0.25) is 10.0 Å². The second-order valence-corrected chi connectivity index (χ2v) is 6.95. The Balaban J connectivity index is 2.87. The normalized spacial score (nSPS) is 12.6. The van der Waals surface area contributed by atoms with E-state index in [1.54, 1.807) is 0 Å². The third kappa shape index (κ3) is 4.26. The third-order valence-electron chi connectivity index (χ3n) is 3.53. The molecule has 1 aromatic carbocycles. The number of hydrogen-bond acceptors (Lipinski definition) is 2. The number of nitrogens with one attached hydrogen (secondary N) is 1. The summed E-state index contributed by atoms with van der Waals surface area (Å²) >= 11 is 3.43. The highest BCUT2D eigenvalue weighted by Gasteiger charge is 2.27. The van der Waals surface area contributed by atoms with Gasteiger partial charge in [-0.2, -0.15) is 0 Å². The molecule has 0 saturated carbocycles. The molecule has 0 spiro atoms. The molecule has 0 unspecified atom stereocenters. The molecule has 0 atom stereocenters. The minimum absolute atomic E-state index is 0.0387. The molecule has 0 amide bonds. The third-order valence-corrected chi connectivity index (χ3v) is 6.12. The fraction of sp³-hybridized carbons (Fsp3) is 0.538. The molecule has 0 aliphatic carbocycles. The van der Waals surface area contributed by atoms with Crippen molar-refractivity contribution in [3.8, 4) is 0 Å². The molecule has 3 nitrogen and oxygen atoms in total. The van der Waals surface area contributed by atoms with E-state index < -0.39 is 15.8 Å². The van der Waals surface area contributed by atoms with E-state index in [0.717, 1.165) is 24.2 Å². The van der Waals surface area contributed by atoms with E-state index in [1.165, 1.54) is 18.2 Å². The maximum Gasteiger partial charge on any atom is 0.240 e. The lowest BCUT2D eigenvalue weighted by Gasteiger charge is -2.29. The molecule has 0 aromatic heterocycles. The molecule has 19 heavy (non-hydrogen) atoms. The van der Waals surface area contributed by atoms with Crippen molar-refractivity contribution in [1.82, 2.24) is 4.72 Å². The topological polar surface area (TPSA) is 46.2 Å². The van der Waals surface area contributed by atoms with Crippen LogP contribution < -0.4 is 4.72 Å². The van der Waals surface area contributed by atoms with Crippen molar-refractivity contribution < 1.29 is 12.8 Å². The van der Waals surface area contributed by atoms with Crippen molar-refractivity contribution in [3.63, 3.8) is 0 Å². The van der Waals surface area contributed by atoms with Crippen molar-refractivity contribution in [2.75, 3.05) is 11.9 Å². The van der Waals surface area contributed by atoms with Crippen LogP contribution in [0.2, 0.25) is 0 Å². The summed E-state index contributed by atoms with van der Waals surface area (Å²) in [7, 11) is -3.66. The Labute approximate surface area is 122 Å². The molecule has 1 aromatic rings. The summed E-state index contributed by atoms with van der Waals surface area (Å²) in [5, 5.41) is 0.721. The summed E-state index contributed by atoms with van der Waals surface area (Å²) in [5.74, 6) is -0.555. The van der Waals surface area contributed by atoms with Crippen LogP contribution in [0.4, 0.5) is 4.39 Å². The molecule has 0 heterocycles. The predicted octanol–water partition coefficient (Wildman–Crippen LogP) is 3.31. The first-order valence-corrected chi connectivity index (χ1v) is 8.81. The first kappa shape index (κ1) is 16.6. The van der Waals surface area contributed by atoms with Gasteiger partial charge in [-0.25, -0.2) is 17.5 Å². The largest absolute Gasteiger partial charge is 0.240 e. The van der Waals surface area contributed by atoms with Gasteiger partial charge in [-0.15, -0.1) is 0 Å². The van der Waals surface area contributed by atoms with Gasteiger partial charge in [-0.05, 0) is 36.5 Å². The summed E-state index contributed by atoms with van der Waals surface area (Å²) in [6, 6.07) is 5.02. The second-order valence-electron chi connectivity index (χ2n) is 4.62. The smallest absolute Gasteiger partial charge is 0.211 e. The molecule has 0 aliphatic heterocycles. The van der Waals surface area contributed by atoms with E-state index in [4.69, 9.17) is 0 Å². The maximum atomic E-state index is 13.1. The molecule has 0 saturated heterocycles. The summed E-state index contributed by atoms with van der Waals surface area (Å²) < 4.78 is 39.8. The number of sulfonamides is 1. The lowest BCUT2D eigenvalue weighted by atomic mass is 9.85. The van der Waals surface area contributed by atoms with Crippen molar-refractivity contribution in [3.05, 3.63) is 30.1 Å². The Kier molecular flexibility index (Phi) is 5.95. The van der Waals surface area contributed by atoms with Gasteiger partial charge in [0.25, 0.3) is 0 Å². The molecule has 0 aliphatic rings. The second kappa shape index (κ2) is 6.81. The van der Waals surface area contributed by atoms with Crippen LogP contribution in [0.25, 0.3) is 0 Å². The highest BCUT2D eigenvalue weighted by Crippen LogP contribution is 2.28.